The zero-order valence-electron chi connectivity index (χ0n) is 8.35. The highest BCUT2D eigenvalue weighted by atomic mass is 16.5. The summed E-state index contributed by atoms with van der Waals surface area (Å²) in [5.74, 6) is 0.676. The molecule has 1 N–H and O–H groups in total. The third-order valence-electron chi connectivity index (χ3n) is 2.47. The Balaban J connectivity index is 3.92. The fourth-order valence-electron chi connectivity index (χ4n) is 1.38. The molecule has 0 heterocycles. The second-order valence-corrected chi connectivity index (χ2v) is 3.14. The molecule has 0 radical (unpaired) electrons. The molecule has 68 valence electrons. The first kappa shape index (κ1) is 10.9. The van der Waals surface area contributed by atoms with Crippen LogP contribution in [0, 0.1) is 5.92 Å². The highest BCUT2D eigenvalue weighted by Gasteiger charge is 2.19. The van der Waals surface area contributed by atoms with Gasteiger partial charge in [0.2, 0.25) is 0 Å². The summed E-state index contributed by atoms with van der Waals surface area (Å²) >= 11 is 0. The van der Waals surface area contributed by atoms with Crippen LogP contribution in [0.15, 0.2) is 0 Å². The van der Waals surface area contributed by atoms with Crippen LogP contribution in [0.2, 0.25) is 0 Å². The Labute approximate surface area is 70.3 Å². The van der Waals surface area contributed by atoms with E-state index in [1.165, 1.54) is 6.42 Å². The maximum absolute atomic E-state index is 5.26. The lowest BCUT2D eigenvalue weighted by atomic mass is 9.95. The molecule has 0 saturated carbocycles. The van der Waals surface area contributed by atoms with E-state index in [-0.39, 0.29) is 0 Å². The second kappa shape index (κ2) is 5.56. The van der Waals surface area contributed by atoms with E-state index in [2.05, 4.69) is 26.1 Å². The summed E-state index contributed by atoms with van der Waals surface area (Å²) in [6.45, 7) is 6.56. The zero-order chi connectivity index (χ0) is 8.85. The molecule has 3 atom stereocenters. The van der Waals surface area contributed by atoms with Crippen LogP contribution < -0.4 is 5.32 Å². The van der Waals surface area contributed by atoms with Crippen molar-refractivity contribution in [1.82, 2.24) is 5.32 Å². The topological polar surface area (TPSA) is 21.3 Å². The van der Waals surface area contributed by atoms with Gasteiger partial charge in [0.1, 0.15) is 0 Å². The van der Waals surface area contributed by atoms with Gasteiger partial charge in [0.25, 0.3) is 0 Å². The smallest absolute Gasteiger partial charge is 0.0698 e. The van der Waals surface area contributed by atoms with Gasteiger partial charge >= 0.3 is 0 Å². The van der Waals surface area contributed by atoms with Crippen LogP contribution in [0.4, 0.5) is 0 Å². The number of likely N-dealkylation sites (N-methyl/N-ethyl adjacent to an activating group) is 1. The first-order chi connectivity index (χ1) is 5.17. The number of nitrogens with one attached hydrogen (secondary N) is 1. The molecule has 11 heavy (non-hydrogen) atoms. The molecule has 2 heteroatoms. The lowest BCUT2D eigenvalue weighted by molar-refractivity contribution is 0.0663. The Morgan fingerprint density at radius 3 is 2.18 bits per heavy atom. The van der Waals surface area contributed by atoms with Gasteiger partial charge in [0, 0.05) is 13.2 Å². The number of hydrogen-bond acceptors (Lipinski definition) is 2. The maximum atomic E-state index is 5.26. The van der Waals surface area contributed by atoms with Crippen LogP contribution in [0.1, 0.15) is 27.2 Å². The van der Waals surface area contributed by atoms with E-state index >= 15 is 0 Å². The molecule has 2 nitrogen and oxygen atoms in total. The van der Waals surface area contributed by atoms with Crippen LogP contribution in [0.3, 0.4) is 0 Å². The fourth-order valence-corrected chi connectivity index (χ4v) is 1.38. The Morgan fingerprint density at radius 1 is 1.36 bits per heavy atom. The zero-order valence-corrected chi connectivity index (χ0v) is 8.35. The number of ether oxygens (including phenoxy) is 1. The molecule has 0 aromatic carbocycles. The minimum atomic E-state index is 0.301. The van der Waals surface area contributed by atoms with Crippen molar-refractivity contribution in [1.29, 1.82) is 0 Å². The largest absolute Gasteiger partial charge is 0.380 e. The van der Waals surface area contributed by atoms with Gasteiger partial charge < -0.3 is 10.1 Å². The molecule has 0 unspecified atom stereocenters. The van der Waals surface area contributed by atoms with Crippen LogP contribution in [0.5, 0.6) is 0 Å². The predicted molar refractivity (Wildman–Crippen MR) is 48.8 cm³/mol. The van der Waals surface area contributed by atoms with Crippen molar-refractivity contribution in [2.45, 2.75) is 39.3 Å². The van der Waals surface area contributed by atoms with Crippen LogP contribution in [-0.2, 0) is 4.74 Å². The summed E-state index contributed by atoms with van der Waals surface area (Å²) in [7, 11) is 3.75. The van der Waals surface area contributed by atoms with Gasteiger partial charge in [0.05, 0.1) is 6.10 Å². The van der Waals surface area contributed by atoms with E-state index in [0.717, 1.165) is 0 Å². The molecule has 0 spiro atoms. The maximum Gasteiger partial charge on any atom is 0.0698 e. The molecule has 0 amide bonds. The van der Waals surface area contributed by atoms with Gasteiger partial charge in [-0.3, -0.25) is 0 Å². The minimum Gasteiger partial charge on any atom is -0.380 e. The molecule has 0 fully saturated rings. The van der Waals surface area contributed by atoms with E-state index in [1.807, 2.05) is 7.05 Å². The minimum absolute atomic E-state index is 0.301. The lowest BCUT2D eigenvalue weighted by Gasteiger charge is -2.27. The Hall–Kier alpha value is -0.0800. The standard InChI is InChI=1S/C9H21NO/c1-6-7(2)9(10-4)8(3)11-5/h7-10H,6H2,1-5H3/t7-,8+,9-/m1/s1. The van der Waals surface area contributed by atoms with Gasteiger partial charge in [-0.1, -0.05) is 20.3 Å². The average Bonchev–Trinajstić information content (AvgIpc) is 2.05. The van der Waals surface area contributed by atoms with Crippen molar-refractivity contribution >= 4 is 0 Å². The van der Waals surface area contributed by atoms with Crippen molar-refractivity contribution in [2.75, 3.05) is 14.2 Å². The van der Waals surface area contributed by atoms with Crippen LogP contribution in [0.25, 0.3) is 0 Å². The molecule has 0 aromatic rings. The number of methoxy groups -OCH3 is 1. The molecule has 0 bridgehead atoms. The molecule has 0 aliphatic heterocycles. The summed E-state index contributed by atoms with van der Waals surface area (Å²) in [5.41, 5.74) is 0. The van der Waals surface area contributed by atoms with E-state index in [4.69, 9.17) is 4.74 Å². The van der Waals surface area contributed by atoms with E-state index in [0.29, 0.717) is 18.1 Å². The number of hydrogen-bond donors (Lipinski definition) is 1. The van der Waals surface area contributed by atoms with Crippen molar-refractivity contribution in [3.63, 3.8) is 0 Å². The summed E-state index contributed by atoms with van der Waals surface area (Å²) in [4.78, 5) is 0. The highest BCUT2D eigenvalue weighted by molar-refractivity contribution is 4.76. The Morgan fingerprint density at radius 2 is 1.91 bits per heavy atom. The van der Waals surface area contributed by atoms with E-state index in [1.54, 1.807) is 7.11 Å². The van der Waals surface area contributed by atoms with Crippen molar-refractivity contribution < 1.29 is 4.74 Å². The average molecular weight is 159 g/mol. The molecular weight excluding hydrogens is 138 g/mol. The van der Waals surface area contributed by atoms with Gasteiger partial charge in [-0.05, 0) is 19.9 Å². The molecule has 0 aliphatic rings. The molecule has 0 rings (SSSR count). The van der Waals surface area contributed by atoms with Crippen molar-refractivity contribution in [2.24, 2.45) is 5.92 Å². The predicted octanol–water partition coefficient (Wildman–Crippen LogP) is 1.66. The van der Waals surface area contributed by atoms with Crippen LogP contribution >= 0.6 is 0 Å². The van der Waals surface area contributed by atoms with Crippen LogP contribution in [-0.4, -0.2) is 26.3 Å². The fraction of sp³-hybridized carbons (Fsp3) is 1.00. The van der Waals surface area contributed by atoms with Gasteiger partial charge in [-0.2, -0.15) is 0 Å². The third-order valence-corrected chi connectivity index (χ3v) is 2.47. The summed E-state index contributed by atoms with van der Waals surface area (Å²) in [6, 6.07) is 0.477. The quantitative estimate of drug-likeness (QED) is 0.658. The lowest BCUT2D eigenvalue weighted by Crippen LogP contribution is -2.41. The normalized spacial score (nSPS) is 19.4. The van der Waals surface area contributed by atoms with Crippen molar-refractivity contribution in [3.05, 3.63) is 0 Å². The van der Waals surface area contributed by atoms with E-state index < -0.39 is 0 Å². The highest BCUT2D eigenvalue weighted by Crippen LogP contribution is 2.12. The second-order valence-electron chi connectivity index (χ2n) is 3.14. The Kier molecular flexibility index (Phi) is 5.51. The summed E-state index contributed by atoms with van der Waals surface area (Å²) < 4.78 is 5.26. The molecule has 0 aromatic heterocycles. The first-order valence-electron chi connectivity index (χ1n) is 4.37. The Bertz CT molecular complexity index is 85.6. The number of rotatable bonds is 5. The van der Waals surface area contributed by atoms with Gasteiger partial charge in [-0.15, -0.1) is 0 Å². The summed E-state index contributed by atoms with van der Waals surface area (Å²) in [5, 5.41) is 3.28. The third kappa shape index (κ3) is 3.21. The molecule has 0 aliphatic carbocycles. The van der Waals surface area contributed by atoms with Gasteiger partial charge in [0.15, 0.2) is 0 Å². The van der Waals surface area contributed by atoms with Gasteiger partial charge in [-0.25, -0.2) is 0 Å². The van der Waals surface area contributed by atoms with E-state index in [9.17, 15) is 0 Å². The first-order valence-corrected chi connectivity index (χ1v) is 4.37. The monoisotopic (exact) mass is 159 g/mol. The SMILES string of the molecule is CC[C@@H](C)[C@@H](NC)[C@H](C)OC. The molecule has 0 saturated heterocycles. The van der Waals surface area contributed by atoms with Crippen molar-refractivity contribution in [3.8, 4) is 0 Å². The molecular formula is C9H21NO. The summed E-state index contributed by atoms with van der Waals surface area (Å²) in [6.07, 6.45) is 1.49.